The Morgan fingerprint density at radius 3 is 2.48 bits per heavy atom. The van der Waals surface area contributed by atoms with E-state index in [-0.39, 0.29) is 12.0 Å². The van der Waals surface area contributed by atoms with Crippen molar-refractivity contribution >= 4 is 12.1 Å². The molecule has 29 heavy (non-hydrogen) atoms. The molecule has 0 aliphatic carbocycles. The number of aromatic nitrogens is 2. The first-order chi connectivity index (χ1) is 14.0. The van der Waals surface area contributed by atoms with E-state index in [1.807, 2.05) is 54.6 Å². The molecule has 0 fully saturated rings. The molecule has 3 N–H and O–H groups in total. The molecule has 2 aromatic carbocycles. The number of amides is 1. The van der Waals surface area contributed by atoms with Gasteiger partial charge in [-0.2, -0.15) is 5.10 Å². The van der Waals surface area contributed by atoms with Gasteiger partial charge < -0.3 is 9.72 Å². The van der Waals surface area contributed by atoms with Crippen LogP contribution in [0.25, 0.3) is 0 Å². The predicted molar refractivity (Wildman–Crippen MR) is 109 cm³/mol. The normalized spacial score (nSPS) is 10.8. The van der Waals surface area contributed by atoms with Crippen molar-refractivity contribution < 1.29 is 9.53 Å². The first-order valence-electron chi connectivity index (χ1n) is 8.92. The summed E-state index contributed by atoms with van der Waals surface area (Å²) < 4.78 is 5.71. The summed E-state index contributed by atoms with van der Waals surface area (Å²) in [7, 11) is 0. The molecule has 0 saturated heterocycles. The summed E-state index contributed by atoms with van der Waals surface area (Å²) in [6.07, 6.45) is 1.30. The molecule has 8 nitrogen and oxygen atoms in total. The van der Waals surface area contributed by atoms with Crippen LogP contribution in [0.3, 0.4) is 0 Å². The second-order valence-corrected chi connectivity index (χ2v) is 6.33. The smallest absolute Gasteiger partial charge is 0.325 e. The summed E-state index contributed by atoms with van der Waals surface area (Å²) in [5, 5.41) is 3.89. The van der Waals surface area contributed by atoms with Crippen LogP contribution in [0.15, 0.2) is 69.3 Å². The van der Waals surface area contributed by atoms with Crippen LogP contribution in [0.1, 0.15) is 22.4 Å². The van der Waals surface area contributed by atoms with E-state index in [0.717, 1.165) is 16.9 Å². The molecule has 1 amide bonds. The number of carbonyl (C=O) groups excluding carboxylic acids is 1. The molecule has 1 aromatic heterocycles. The van der Waals surface area contributed by atoms with E-state index in [4.69, 9.17) is 4.74 Å². The highest BCUT2D eigenvalue weighted by molar-refractivity contribution is 5.83. The van der Waals surface area contributed by atoms with Gasteiger partial charge in [-0.05, 0) is 42.3 Å². The number of rotatable bonds is 7. The van der Waals surface area contributed by atoms with Crippen LogP contribution < -0.4 is 21.4 Å². The van der Waals surface area contributed by atoms with Gasteiger partial charge in [-0.3, -0.25) is 14.6 Å². The zero-order chi connectivity index (χ0) is 20.6. The van der Waals surface area contributed by atoms with E-state index in [1.165, 1.54) is 6.21 Å². The SMILES string of the molecule is Cc1[nH]c(=O)[nH]c(=O)c1CC(=O)N/N=C\c1ccc(OCc2ccccc2)cc1. The van der Waals surface area contributed by atoms with Crippen LogP contribution >= 0.6 is 0 Å². The van der Waals surface area contributed by atoms with Crippen molar-refractivity contribution in [2.45, 2.75) is 20.0 Å². The van der Waals surface area contributed by atoms with Gasteiger partial charge in [0.25, 0.3) is 5.56 Å². The number of hydrogen-bond donors (Lipinski definition) is 3. The van der Waals surface area contributed by atoms with Gasteiger partial charge in [0.1, 0.15) is 12.4 Å². The first kappa shape index (κ1) is 19.8. The Labute approximate surface area is 166 Å². The minimum atomic E-state index is -0.606. The lowest BCUT2D eigenvalue weighted by Crippen LogP contribution is -2.30. The maximum absolute atomic E-state index is 12.0. The summed E-state index contributed by atoms with van der Waals surface area (Å²) in [5.74, 6) is 0.257. The van der Waals surface area contributed by atoms with E-state index in [0.29, 0.717) is 12.3 Å². The van der Waals surface area contributed by atoms with Gasteiger partial charge in [0.2, 0.25) is 5.91 Å². The zero-order valence-electron chi connectivity index (χ0n) is 15.8. The van der Waals surface area contributed by atoms with Crippen LogP contribution in [-0.4, -0.2) is 22.1 Å². The molecule has 3 aromatic rings. The summed E-state index contributed by atoms with van der Waals surface area (Å²) in [4.78, 5) is 39.5. The largest absolute Gasteiger partial charge is 0.489 e. The Bertz CT molecular complexity index is 1120. The molecule has 0 aliphatic rings. The standard InChI is InChI=1S/C21H20N4O4/c1-14-18(20(27)24-21(28)23-14)11-19(26)25-22-12-15-7-9-17(10-8-15)29-13-16-5-3-2-4-6-16/h2-10,12H,11,13H2,1H3,(H,25,26)(H2,23,24,27,28)/b22-12-. The van der Waals surface area contributed by atoms with E-state index >= 15 is 0 Å². The Morgan fingerprint density at radius 1 is 1.07 bits per heavy atom. The molecule has 0 bridgehead atoms. The minimum Gasteiger partial charge on any atom is -0.489 e. The fraction of sp³-hybridized carbons (Fsp3) is 0.143. The molecule has 0 saturated carbocycles. The van der Waals surface area contributed by atoms with Crippen molar-refractivity contribution in [1.29, 1.82) is 0 Å². The lowest BCUT2D eigenvalue weighted by molar-refractivity contribution is -0.120. The molecule has 8 heteroatoms. The third-order valence-electron chi connectivity index (χ3n) is 4.12. The van der Waals surface area contributed by atoms with Gasteiger partial charge in [-0.1, -0.05) is 30.3 Å². The Hall–Kier alpha value is -3.94. The highest BCUT2D eigenvalue weighted by atomic mass is 16.5. The molecule has 3 rings (SSSR count). The van der Waals surface area contributed by atoms with E-state index < -0.39 is 17.2 Å². The maximum atomic E-state index is 12.0. The maximum Gasteiger partial charge on any atom is 0.325 e. The van der Waals surface area contributed by atoms with Gasteiger partial charge in [-0.25, -0.2) is 10.2 Å². The van der Waals surface area contributed by atoms with Gasteiger partial charge >= 0.3 is 5.69 Å². The van der Waals surface area contributed by atoms with Crippen LogP contribution in [0.2, 0.25) is 0 Å². The highest BCUT2D eigenvalue weighted by Gasteiger charge is 2.10. The quantitative estimate of drug-likeness (QED) is 0.419. The second kappa shape index (κ2) is 9.32. The van der Waals surface area contributed by atoms with Crippen molar-refractivity contribution in [1.82, 2.24) is 15.4 Å². The van der Waals surface area contributed by atoms with Crippen LogP contribution in [0, 0.1) is 6.92 Å². The third-order valence-corrected chi connectivity index (χ3v) is 4.12. The number of benzene rings is 2. The Kier molecular flexibility index (Phi) is 6.36. The molecular formula is C21H20N4O4. The summed E-state index contributed by atoms with van der Waals surface area (Å²) in [6, 6.07) is 17.1. The topological polar surface area (TPSA) is 116 Å². The first-order valence-corrected chi connectivity index (χ1v) is 8.92. The van der Waals surface area contributed by atoms with Crippen molar-refractivity contribution in [3.8, 4) is 5.75 Å². The van der Waals surface area contributed by atoms with Gasteiger partial charge in [0.05, 0.1) is 12.6 Å². The van der Waals surface area contributed by atoms with E-state index in [2.05, 4.69) is 20.5 Å². The molecule has 0 atom stereocenters. The second-order valence-electron chi connectivity index (χ2n) is 6.33. The average molecular weight is 392 g/mol. The number of H-pyrrole nitrogens is 2. The Balaban J connectivity index is 1.52. The number of aryl methyl sites for hydroxylation is 1. The monoisotopic (exact) mass is 392 g/mol. The number of hydrazone groups is 1. The van der Waals surface area contributed by atoms with Gasteiger partial charge in [-0.15, -0.1) is 0 Å². The Morgan fingerprint density at radius 2 is 1.79 bits per heavy atom. The predicted octanol–water partition coefficient (Wildman–Crippen LogP) is 1.64. The van der Waals surface area contributed by atoms with Crippen molar-refractivity contribution in [3.63, 3.8) is 0 Å². The highest BCUT2D eigenvalue weighted by Crippen LogP contribution is 2.13. The third kappa shape index (κ3) is 5.77. The fourth-order valence-corrected chi connectivity index (χ4v) is 2.61. The molecule has 148 valence electrons. The number of hydrogen-bond acceptors (Lipinski definition) is 5. The summed E-state index contributed by atoms with van der Waals surface area (Å²) in [6.45, 7) is 2.04. The number of nitrogens with zero attached hydrogens (tertiary/aromatic N) is 1. The lowest BCUT2D eigenvalue weighted by Gasteiger charge is -2.06. The number of nitrogens with one attached hydrogen (secondary N) is 3. The van der Waals surface area contributed by atoms with Crippen LogP contribution in [0.5, 0.6) is 5.75 Å². The van der Waals surface area contributed by atoms with Crippen LogP contribution in [0.4, 0.5) is 0 Å². The lowest BCUT2D eigenvalue weighted by atomic mass is 10.1. The van der Waals surface area contributed by atoms with Crippen LogP contribution in [-0.2, 0) is 17.8 Å². The summed E-state index contributed by atoms with van der Waals surface area (Å²) >= 11 is 0. The molecule has 0 unspecified atom stereocenters. The van der Waals surface area contributed by atoms with Gasteiger partial charge in [0, 0.05) is 11.3 Å². The number of aromatic amines is 2. The van der Waals surface area contributed by atoms with E-state index in [9.17, 15) is 14.4 Å². The molecule has 1 heterocycles. The zero-order valence-corrected chi connectivity index (χ0v) is 15.8. The minimum absolute atomic E-state index is 0.192. The number of carbonyl (C=O) groups is 1. The molecular weight excluding hydrogens is 372 g/mol. The van der Waals surface area contributed by atoms with Crippen molar-refractivity contribution in [3.05, 3.63) is 97.8 Å². The number of ether oxygens (including phenoxy) is 1. The van der Waals surface area contributed by atoms with E-state index in [1.54, 1.807) is 6.92 Å². The van der Waals surface area contributed by atoms with Gasteiger partial charge in [0.15, 0.2) is 0 Å². The fourth-order valence-electron chi connectivity index (χ4n) is 2.61. The van der Waals surface area contributed by atoms with Crippen molar-refractivity contribution in [2.75, 3.05) is 0 Å². The average Bonchev–Trinajstić information content (AvgIpc) is 2.71. The van der Waals surface area contributed by atoms with Crippen molar-refractivity contribution in [2.24, 2.45) is 5.10 Å². The summed E-state index contributed by atoms with van der Waals surface area (Å²) in [5.41, 5.74) is 3.57. The molecule has 0 aliphatic heterocycles. The molecule has 0 radical (unpaired) electrons. The molecule has 0 spiro atoms.